The van der Waals surface area contributed by atoms with Crippen LogP contribution in [0.4, 0.5) is 4.79 Å². The van der Waals surface area contributed by atoms with Gasteiger partial charge in [0.2, 0.25) is 0 Å². The maximum atomic E-state index is 11.1. The van der Waals surface area contributed by atoms with Crippen LogP contribution in [0.25, 0.3) is 0 Å². The largest absolute Gasteiger partial charge is 0.465 e. The van der Waals surface area contributed by atoms with Gasteiger partial charge in [-0.05, 0) is 0 Å². The molecule has 1 aliphatic heterocycles. The van der Waals surface area contributed by atoms with Gasteiger partial charge in [-0.15, -0.1) is 0 Å². The van der Waals surface area contributed by atoms with Crippen molar-refractivity contribution in [3.63, 3.8) is 0 Å². The molecule has 0 aromatic carbocycles. The Labute approximate surface area is 73.2 Å². The van der Waals surface area contributed by atoms with E-state index in [1.54, 1.807) is 0 Å². The highest BCUT2D eigenvalue weighted by molar-refractivity contribution is 5.65. The summed E-state index contributed by atoms with van der Waals surface area (Å²) in [5.41, 5.74) is 1.14. The molecule has 1 aromatic heterocycles. The molecule has 6 heteroatoms. The normalized spacial score (nSPS) is 15.5. The molecule has 0 radical (unpaired) electrons. The van der Waals surface area contributed by atoms with E-state index in [1.807, 2.05) is 0 Å². The maximum Gasteiger partial charge on any atom is 0.407 e. The highest BCUT2D eigenvalue weighted by Crippen LogP contribution is 2.12. The number of nitrogens with one attached hydrogen (secondary N) is 2. The number of hydrogen-bond donors (Lipinski definition) is 3. The summed E-state index contributed by atoms with van der Waals surface area (Å²) in [5, 5.41) is 13.9. The van der Waals surface area contributed by atoms with Gasteiger partial charge < -0.3 is 15.1 Å². The molecule has 0 atom stereocenters. The van der Waals surface area contributed by atoms with Gasteiger partial charge in [0.05, 0.1) is 12.1 Å². The summed E-state index contributed by atoms with van der Waals surface area (Å²) in [7, 11) is 0. The number of fused-ring (bicyclic) bond motifs is 1. The summed E-state index contributed by atoms with van der Waals surface area (Å²) in [6.07, 6.45) is -0.411. The lowest BCUT2D eigenvalue weighted by molar-refractivity contribution is 0.139. The molecular weight excluding hydrogens is 174 g/mol. The van der Waals surface area contributed by atoms with Crippen molar-refractivity contribution in [1.82, 2.24) is 15.1 Å². The predicted molar refractivity (Wildman–Crippen MR) is 43.6 cm³/mol. The second-order valence-corrected chi connectivity index (χ2v) is 2.99. The fraction of sp³-hybridized carbons (Fsp3) is 0.429. The van der Waals surface area contributed by atoms with E-state index < -0.39 is 6.09 Å². The molecule has 1 amide bonds. The predicted octanol–water partition coefficient (Wildman–Crippen LogP) is -0.261. The molecule has 2 heterocycles. The Morgan fingerprint density at radius 1 is 1.46 bits per heavy atom. The number of H-pyrrole nitrogens is 2. The molecular formula is C7H9N3O3. The lowest BCUT2D eigenvalue weighted by Gasteiger charge is -2.22. The molecule has 3 N–H and O–H groups in total. The Balaban J connectivity index is 2.33. The first-order chi connectivity index (χ1) is 6.18. The average molecular weight is 183 g/mol. The zero-order valence-electron chi connectivity index (χ0n) is 6.83. The number of nitrogens with zero attached hydrogens (tertiary/aromatic N) is 1. The number of aromatic nitrogens is 2. The summed E-state index contributed by atoms with van der Waals surface area (Å²) in [5.74, 6) is 0. The molecule has 0 spiro atoms. The Hall–Kier alpha value is -1.72. The highest BCUT2D eigenvalue weighted by Gasteiger charge is 2.23. The molecule has 2 rings (SSSR count). The smallest absolute Gasteiger partial charge is 0.407 e. The van der Waals surface area contributed by atoms with Crippen molar-refractivity contribution in [3.8, 4) is 0 Å². The van der Waals surface area contributed by atoms with Gasteiger partial charge in [0, 0.05) is 18.7 Å². The van der Waals surface area contributed by atoms with Crippen molar-refractivity contribution >= 4 is 6.09 Å². The first kappa shape index (κ1) is 7.90. The lowest BCUT2D eigenvalue weighted by atomic mass is 10.1. The Morgan fingerprint density at radius 2 is 2.23 bits per heavy atom. The fourth-order valence-corrected chi connectivity index (χ4v) is 1.48. The van der Waals surface area contributed by atoms with Crippen molar-refractivity contribution in [1.29, 1.82) is 0 Å². The van der Waals surface area contributed by atoms with Crippen LogP contribution in [0.5, 0.6) is 0 Å². The monoisotopic (exact) mass is 183 g/mol. The van der Waals surface area contributed by atoms with Crippen LogP contribution in [0.3, 0.4) is 0 Å². The fourth-order valence-electron chi connectivity index (χ4n) is 1.48. The average Bonchev–Trinajstić information content (AvgIpc) is 2.47. The van der Waals surface area contributed by atoms with E-state index in [0.717, 1.165) is 5.69 Å². The summed E-state index contributed by atoms with van der Waals surface area (Å²) >= 11 is 0. The van der Waals surface area contributed by atoms with Crippen LogP contribution >= 0.6 is 0 Å². The van der Waals surface area contributed by atoms with E-state index in [1.165, 1.54) is 4.90 Å². The quantitative estimate of drug-likeness (QED) is 0.517. The van der Waals surface area contributed by atoms with Crippen LogP contribution < -0.4 is 5.56 Å². The number of carboxylic acid groups (broad SMARTS) is 1. The van der Waals surface area contributed by atoms with Gasteiger partial charge >= 0.3 is 6.09 Å². The molecule has 70 valence electrons. The third-order valence-electron chi connectivity index (χ3n) is 2.22. The molecule has 0 saturated heterocycles. The Bertz CT molecular complexity index is 392. The second-order valence-electron chi connectivity index (χ2n) is 2.99. The zero-order valence-corrected chi connectivity index (χ0v) is 6.83. The van der Waals surface area contributed by atoms with Gasteiger partial charge in [0.15, 0.2) is 0 Å². The molecule has 1 aromatic rings. The lowest BCUT2D eigenvalue weighted by Crippen LogP contribution is -2.36. The molecule has 0 bridgehead atoms. The topological polar surface area (TPSA) is 89.2 Å². The number of aromatic amines is 2. The number of hydrogen-bond acceptors (Lipinski definition) is 2. The molecule has 0 saturated carbocycles. The van der Waals surface area contributed by atoms with Crippen molar-refractivity contribution < 1.29 is 9.90 Å². The van der Waals surface area contributed by atoms with Crippen molar-refractivity contribution in [2.75, 3.05) is 6.54 Å². The molecule has 13 heavy (non-hydrogen) atoms. The van der Waals surface area contributed by atoms with Crippen LogP contribution in [0.2, 0.25) is 0 Å². The van der Waals surface area contributed by atoms with Gasteiger partial charge in [-0.3, -0.25) is 9.89 Å². The van der Waals surface area contributed by atoms with E-state index >= 15 is 0 Å². The van der Waals surface area contributed by atoms with Crippen LogP contribution in [-0.4, -0.2) is 32.8 Å². The number of rotatable bonds is 0. The first-order valence-corrected chi connectivity index (χ1v) is 3.95. The zero-order chi connectivity index (χ0) is 9.42. The summed E-state index contributed by atoms with van der Waals surface area (Å²) in [4.78, 5) is 23.0. The first-order valence-electron chi connectivity index (χ1n) is 3.95. The minimum atomic E-state index is -0.980. The number of carbonyl (C=O) groups is 1. The minimum Gasteiger partial charge on any atom is -0.465 e. The van der Waals surface area contributed by atoms with E-state index in [4.69, 9.17) is 5.11 Å². The van der Waals surface area contributed by atoms with Crippen LogP contribution in [-0.2, 0) is 13.0 Å². The van der Waals surface area contributed by atoms with Crippen LogP contribution in [0.1, 0.15) is 11.3 Å². The highest BCUT2D eigenvalue weighted by atomic mass is 16.4. The summed E-state index contributed by atoms with van der Waals surface area (Å²) < 4.78 is 0. The number of amides is 1. The Kier molecular flexibility index (Phi) is 1.61. The van der Waals surface area contributed by atoms with Gasteiger partial charge in [-0.25, -0.2) is 4.79 Å². The summed E-state index contributed by atoms with van der Waals surface area (Å²) in [6, 6.07) is 0. The van der Waals surface area contributed by atoms with E-state index in [-0.39, 0.29) is 12.1 Å². The van der Waals surface area contributed by atoms with Crippen molar-refractivity contribution in [2.45, 2.75) is 13.0 Å². The maximum absolute atomic E-state index is 11.1. The molecule has 0 fully saturated rings. The van der Waals surface area contributed by atoms with E-state index in [0.29, 0.717) is 18.5 Å². The molecule has 6 nitrogen and oxygen atoms in total. The minimum absolute atomic E-state index is 0.184. The SMILES string of the molecule is O=C(O)N1CCc2[nH][nH]c(=O)c2C1. The van der Waals surface area contributed by atoms with Gasteiger partial charge in [0.25, 0.3) is 5.56 Å². The third kappa shape index (κ3) is 1.20. The van der Waals surface area contributed by atoms with Gasteiger partial charge in [-0.2, -0.15) is 0 Å². The standard InChI is InChI=1S/C7H9N3O3/c11-6-4-3-10(7(12)13)2-1-5(4)8-9-6/h1-3H2,(H,12,13)(H2,8,9,11). The molecule has 1 aliphatic rings. The third-order valence-corrected chi connectivity index (χ3v) is 2.22. The van der Waals surface area contributed by atoms with Gasteiger partial charge in [0.1, 0.15) is 0 Å². The summed E-state index contributed by atoms with van der Waals surface area (Å²) in [6.45, 7) is 0.625. The van der Waals surface area contributed by atoms with Crippen molar-refractivity contribution in [3.05, 3.63) is 21.6 Å². The second kappa shape index (κ2) is 2.65. The van der Waals surface area contributed by atoms with E-state index in [2.05, 4.69) is 10.2 Å². The van der Waals surface area contributed by atoms with Gasteiger partial charge in [-0.1, -0.05) is 0 Å². The van der Waals surface area contributed by atoms with Crippen LogP contribution in [0.15, 0.2) is 4.79 Å². The molecule has 0 unspecified atom stereocenters. The van der Waals surface area contributed by atoms with Crippen molar-refractivity contribution in [2.24, 2.45) is 0 Å². The Morgan fingerprint density at radius 3 is 2.92 bits per heavy atom. The van der Waals surface area contributed by atoms with E-state index in [9.17, 15) is 9.59 Å². The molecule has 0 aliphatic carbocycles. The van der Waals surface area contributed by atoms with Crippen LogP contribution in [0, 0.1) is 0 Å².